The van der Waals surface area contributed by atoms with Crippen LogP contribution in [0.3, 0.4) is 0 Å². The van der Waals surface area contributed by atoms with Gasteiger partial charge in [-0.15, -0.1) is 0 Å². The van der Waals surface area contributed by atoms with E-state index in [4.69, 9.17) is 0 Å². The van der Waals surface area contributed by atoms with E-state index in [-0.39, 0.29) is 11.9 Å². The fourth-order valence-corrected chi connectivity index (χ4v) is 4.21. The Morgan fingerprint density at radius 2 is 1.71 bits per heavy atom. The number of hydrogen-bond acceptors (Lipinski definition) is 4. The van der Waals surface area contributed by atoms with Gasteiger partial charge in [-0.2, -0.15) is 0 Å². The van der Waals surface area contributed by atoms with Crippen molar-refractivity contribution in [3.8, 4) is 0 Å². The molecule has 4 rings (SSSR count). The van der Waals surface area contributed by atoms with Crippen molar-refractivity contribution in [2.75, 3.05) is 37.7 Å². The molecule has 0 unspecified atom stereocenters. The van der Waals surface area contributed by atoms with Crippen molar-refractivity contribution < 1.29 is 9.59 Å². The average molecular weight is 443 g/mol. The van der Waals surface area contributed by atoms with Crippen LogP contribution in [0.1, 0.15) is 12.5 Å². The lowest BCUT2D eigenvalue weighted by Gasteiger charge is -2.37. The predicted molar refractivity (Wildman–Crippen MR) is 112 cm³/mol. The maximum atomic E-state index is 13.1. The summed E-state index contributed by atoms with van der Waals surface area (Å²) in [4.78, 5) is 31.5. The number of imide groups is 1. The van der Waals surface area contributed by atoms with Crippen molar-refractivity contribution in [3.63, 3.8) is 0 Å². The van der Waals surface area contributed by atoms with Gasteiger partial charge in [0, 0.05) is 36.3 Å². The largest absolute Gasteiger partial charge is 0.369 e. The first-order valence-electron chi connectivity index (χ1n) is 9.40. The summed E-state index contributed by atoms with van der Waals surface area (Å²) in [5.74, 6) is -0.207. The van der Waals surface area contributed by atoms with E-state index in [0.717, 1.165) is 36.2 Å². The van der Waals surface area contributed by atoms with E-state index >= 15 is 0 Å². The fourth-order valence-electron chi connectivity index (χ4n) is 3.81. The van der Waals surface area contributed by atoms with Crippen LogP contribution in [-0.2, 0) is 10.3 Å². The van der Waals surface area contributed by atoms with Crippen molar-refractivity contribution in [2.45, 2.75) is 12.5 Å². The summed E-state index contributed by atoms with van der Waals surface area (Å²) >= 11 is 3.44. The van der Waals surface area contributed by atoms with Crippen LogP contribution in [0.2, 0.25) is 0 Å². The molecule has 2 fully saturated rings. The van der Waals surface area contributed by atoms with Gasteiger partial charge in [-0.05, 0) is 36.8 Å². The van der Waals surface area contributed by atoms with Gasteiger partial charge in [0.15, 0.2) is 0 Å². The molecule has 7 heteroatoms. The van der Waals surface area contributed by atoms with E-state index in [2.05, 4.69) is 43.2 Å². The highest BCUT2D eigenvalue weighted by Gasteiger charge is 2.49. The van der Waals surface area contributed by atoms with Crippen LogP contribution < -0.4 is 10.2 Å². The van der Waals surface area contributed by atoms with Crippen molar-refractivity contribution in [2.24, 2.45) is 0 Å². The van der Waals surface area contributed by atoms with E-state index in [1.807, 2.05) is 42.5 Å². The lowest BCUT2D eigenvalue weighted by Crippen LogP contribution is -2.51. The zero-order valence-corrected chi connectivity index (χ0v) is 17.4. The molecular weight excluding hydrogens is 420 g/mol. The molecule has 2 aromatic carbocycles. The van der Waals surface area contributed by atoms with Gasteiger partial charge < -0.3 is 10.2 Å². The van der Waals surface area contributed by atoms with Gasteiger partial charge in [0.25, 0.3) is 5.91 Å². The van der Waals surface area contributed by atoms with Crippen LogP contribution in [0.5, 0.6) is 0 Å². The summed E-state index contributed by atoms with van der Waals surface area (Å²) in [6.07, 6.45) is 0. The Morgan fingerprint density at radius 3 is 2.39 bits per heavy atom. The lowest BCUT2D eigenvalue weighted by molar-refractivity contribution is -0.132. The van der Waals surface area contributed by atoms with E-state index < -0.39 is 5.54 Å². The third kappa shape index (κ3) is 3.52. The maximum absolute atomic E-state index is 13.1. The Labute approximate surface area is 173 Å². The SMILES string of the molecule is C[C@]1(c2cccc(Br)c2)NC(=O)N(CN2CCN(c3ccccc3)CC2)C1=O. The standard InChI is InChI=1S/C21H23BrN4O2/c1-21(16-6-5-7-17(22)14-16)19(27)26(20(28)23-21)15-24-10-12-25(13-11-24)18-8-3-2-4-9-18/h2-9,14H,10-13,15H2,1H3,(H,23,28)/t21-/m1/s1. The molecular formula is C21H23BrN4O2. The van der Waals surface area contributed by atoms with Crippen molar-refractivity contribution >= 4 is 33.6 Å². The first-order valence-corrected chi connectivity index (χ1v) is 10.2. The summed E-state index contributed by atoms with van der Waals surface area (Å²) in [5.41, 5.74) is 0.947. The third-order valence-electron chi connectivity index (χ3n) is 5.51. The van der Waals surface area contributed by atoms with Gasteiger partial charge in [0.2, 0.25) is 0 Å². The van der Waals surface area contributed by atoms with Crippen molar-refractivity contribution in [1.29, 1.82) is 0 Å². The molecule has 2 heterocycles. The quantitative estimate of drug-likeness (QED) is 0.739. The summed E-state index contributed by atoms with van der Waals surface area (Å²) in [6.45, 7) is 5.44. The molecule has 0 aromatic heterocycles. The molecule has 3 amide bonds. The molecule has 6 nitrogen and oxygen atoms in total. The second-order valence-electron chi connectivity index (χ2n) is 7.38. The molecule has 2 aliphatic rings. The predicted octanol–water partition coefficient (Wildman–Crippen LogP) is 3.00. The normalized spacial score (nSPS) is 23.2. The molecule has 0 saturated carbocycles. The van der Waals surface area contributed by atoms with Gasteiger partial charge in [0.1, 0.15) is 5.54 Å². The van der Waals surface area contributed by atoms with Crippen LogP contribution in [0.25, 0.3) is 0 Å². The average Bonchev–Trinajstić information content (AvgIpc) is 2.93. The van der Waals surface area contributed by atoms with E-state index in [9.17, 15) is 9.59 Å². The third-order valence-corrected chi connectivity index (χ3v) is 6.01. The number of hydrogen-bond donors (Lipinski definition) is 1. The monoisotopic (exact) mass is 442 g/mol. The number of carbonyl (C=O) groups is 2. The molecule has 2 aliphatic heterocycles. The number of anilines is 1. The molecule has 2 saturated heterocycles. The smallest absolute Gasteiger partial charge is 0.326 e. The number of piperazine rings is 1. The Balaban J connectivity index is 1.42. The lowest BCUT2D eigenvalue weighted by atomic mass is 9.92. The Morgan fingerprint density at radius 1 is 1.00 bits per heavy atom. The zero-order valence-electron chi connectivity index (χ0n) is 15.8. The van der Waals surface area contributed by atoms with Gasteiger partial charge in [0.05, 0.1) is 6.67 Å². The second-order valence-corrected chi connectivity index (χ2v) is 8.30. The first-order chi connectivity index (χ1) is 13.5. The Bertz CT molecular complexity index is 883. The molecule has 0 aliphatic carbocycles. The number of benzene rings is 2. The summed E-state index contributed by atoms with van der Waals surface area (Å²) in [7, 11) is 0. The number of carbonyl (C=O) groups excluding carboxylic acids is 2. The number of amides is 3. The number of halogens is 1. The maximum Gasteiger partial charge on any atom is 0.326 e. The number of para-hydroxylation sites is 1. The molecule has 0 spiro atoms. The van der Waals surface area contributed by atoms with Gasteiger partial charge in [-0.3, -0.25) is 9.69 Å². The van der Waals surface area contributed by atoms with Crippen molar-refractivity contribution in [3.05, 3.63) is 64.6 Å². The minimum atomic E-state index is -1.03. The van der Waals surface area contributed by atoms with Crippen LogP contribution in [-0.4, -0.2) is 54.6 Å². The van der Waals surface area contributed by atoms with E-state index in [0.29, 0.717) is 6.67 Å². The molecule has 146 valence electrons. The second kappa shape index (κ2) is 7.56. The molecule has 28 heavy (non-hydrogen) atoms. The van der Waals surface area contributed by atoms with Gasteiger partial charge in [-0.25, -0.2) is 9.69 Å². The van der Waals surface area contributed by atoms with Crippen LogP contribution in [0.4, 0.5) is 10.5 Å². The highest BCUT2D eigenvalue weighted by Crippen LogP contribution is 2.30. The van der Waals surface area contributed by atoms with Crippen LogP contribution in [0.15, 0.2) is 59.1 Å². The van der Waals surface area contributed by atoms with Gasteiger partial charge in [-0.1, -0.05) is 46.3 Å². The molecule has 0 bridgehead atoms. The van der Waals surface area contributed by atoms with Crippen molar-refractivity contribution in [1.82, 2.24) is 15.1 Å². The molecule has 2 aromatic rings. The van der Waals surface area contributed by atoms with E-state index in [1.165, 1.54) is 10.6 Å². The minimum Gasteiger partial charge on any atom is -0.369 e. The summed E-state index contributed by atoms with van der Waals surface area (Å²) in [5, 5.41) is 2.88. The van der Waals surface area contributed by atoms with Crippen LogP contribution in [0, 0.1) is 0 Å². The Kier molecular flexibility index (Phi) is 5.12. The van der Waals surface area contributed by atoms with Gasteiger partial charge >= 0.3 is 6.03 Å². The fraction of sp³-hybridized carbons (Fsp3) is 0.333. The first kappa shape index (κ1) is 19.0. The number of nitrogens with zero attached hydrogens (tertiary/aromatic N) is 3. The number of nitrogens with one attached hydrogen (secondary N) is 1. The number of urea groups is 1. The summed E-state index contributed by atoms with van der Waals surface area (Å²) in [6, 6.07) is 17.5. The van der Waals surface area contributed by atoms with E-state index in [1.54, 1.807) is 6.92 Å². The topological polar surface area (TPSA) is 55.9 Å². The molecule has 1 atom stereocenters. The zero-order chi connectivity index (χ0) is 19.7. The Hall–Kier alpha value is -2.38. The summed E-state index contributed by atoms with van der Waals surface area (Å²) < 4.78 is 0.878. The molecule has 0 radical (unpaired) electrons. The minimum absolute atomic E-state index is 0.207. The number of rotatable bonds is 4. The molecule has 1 N–H and O–H groups in total. The highest BCUT2D eigenvalue weighted by molar-refractivity contribution is 9.10. The highest BCUT2D eigenvalue weighted by atomic mass is 79.9. The van der Waals surface area contributed by atoms with Crippen LogP contribution >= 0.6 is 15.9 Å².